The number of rotatable bonds is 7. The Hall–Kier alpha value is -3.65. The van der Waals surface area contributed by atoms with Crippen LogP contribution in [-0.2, 0) is 19.6 Å². The molecule has 0 radical (unpaired) electrons. The average Bonchev–Trinajstić information content (AvgIpc) is 2.78. The zero-order valence-electron chi connectivity index (χ0n) is 17.1. The molecule has 7 nitrogen and oxygen atoms in total. The van der Waals surface area contributed by atoms with Gasteiger partial charge in [-0.05, 0) is 61.0 Å². The second-order valence-corrected chi connectivity index (χ2v) is 8.64. The summed E-state index contributed by atoms with van der Waals surface area (Å²) in [6.45, 7) is 1.43. The van der Waals surface area contributed by atoms with Crippen LogP contribution in [-0.4, -0.2) is 33.9 Å². The van der Waals surface area contributed by atoms with Crippen molar-refractivity contribution in [1.82, 2.24) is 0 Å². The fraction of sp³-hybridized carbons (Fsp3) is 0.130. The number of carbonyl (C=O) groups excluding carboxylic acids is 2. The van der Waals surface area contributed by atoms with Crippen molar-refractivity contribution in [2.24, 2.45) is 0 Å². The normalized spacial score (nSPS) is 10.9. The van der Waals surface area contributed by atoms with Gasteiger partial charge in [-0.1, -0.05) is 30.3 Å². The number of anilines is 2. The van der Waals surface area contributed by atoms with Gasteiger partial charge in [0.1, 0.15) is 6.54 Å². The molecule has 0 unspecified atom stereocenters. The van der Waals surface area contributed by atoms with Gasteiger partial charge < -0.3 is 10.1 Å². The van der Waals surface area contributed by atoms with Crippen molar-refractivity contribution in [3.63, 3.8) is 0 Å². The third-order valence-corrected chi connectivity index (χ3v) is 6.29. The molecule has 0 aliphatic heterocycles. The molecule has 0 aliphatic carbocycles. The van der Waals surface area contributed by atoms with Crippen molar-refractivity contribution in [3.8, 4) is 0 Å². The summed E-state index contributed by atoms with van der Waals surface area (Å²) in [7, 11) is -2.69. The molecule has 3 rings (SSSR count). The number of nitrogens with zero attached hydrogens (tertiary/aromatic N) is 1. The maximum absolute atomic E-state index is 13.3. The minimum atomic E-state index is -3.97. The van der Waals surface area contributed by atoms with Crippen molar-refractivity contribution in [2.75, 3.05) is 23.3 Å². The Bertz CT molecular complexity index is 1180. The Morgan fingerprint density at radius 2 is 1.61 bits per heavy atom. The van der Waals surface area contributed by atoms with Crippen LogP contribution in [0, 0.1) is 6.92 Å². The minimum Gasteiger partial charge on any atom is -0.465 e. The summed E-state index contributed by atoms with van der Waals surface area (Å²) in [5, 5.41) is 2.67. The van der Waals surface area contributed by atoms with Gasteiger partial charge in [-0.25, -0.2) is 13.2 Å². The number of amides is 1. The number of ether oxygens (including phenoxy) is 1. The van der Waals surface area contributed by atoms with Crippen LogP contribution in [0.1, 0.15) is 15.9 Å². The molecule has 0 atom stereocenters. The SMILES string of the molecule is COC(=O)c1ccc(NC(=O)CN(c2cccc(C)c2)S(=O)(=O)c2ccccc2)cc1. The van der Waals surface area contributed by atoms with Crippen molar-refractivity contribution in [3.05, 3.63) is 90.0 Å². The van der Waals surface area contributed by atoms with Crippen LogP contribution < -0.4 is 9.62 Å². The lowest BCUT2D eigenvalue weighted by Gasteiger charge is -2.24. The first-order valence-corrected chi connectivity index (χ1v) is 10.9. The van der Waals surface area contributed by atoms with E-state index in [4.69, 9.17) is 0 Å². The first-order valence-electron chi connectivity index (χ1n) is 9.44. The molecule has 3 aromatic rings. The second-order valence-electron chi connectivity index (χ2n) is 6.78. The zero-order chi connectivity index (χ0) is 22.4. The molecular weight excluding hydrogens is 416 g/mol. The molecule has 0 heterocycles. The molecule has 0 saturated heterocycles. The van der Waals surface area contributed by atoms with E-state index in [1.165, 1.54) is 31.4 Å². The molecule has 0 aliphatic rings. The largest absolute Gasteiger partial charge is 0.465 e. The van der Waals surface area contributed by atoms with E-state index in [0.29, 0.717) is 16.9 Å². The Morgan fingerprint density at radius 1 is 0.935 bits per heavy atom. The predicted molar refractivity (Wildman–Crippen MR) is 119 cm³/mol. The summed E-state index contributed by atoms with van der Waals surface area (Å²) in [6, 6.07) is 21.0. The van der Waals surface area contributed by atoms with Gasteiger partial charge in [0.2, 0.25) is 5.91 Å². The van der Waals surface area contributed by atoms with E-state index in [0.717, 1.165) is 9.87 Å². The highest BCUT2D eigenvalue weighted by molar-refractivity contribution is 7.92. The van der Waals surface area contributed by atoms with Gasteiger partial charge in [0.15, 0.2) is 0 Å². The number of methoxy groups -OCH3 is 1. The number of carbonyl (C=O) groups is 2. The number of aryl methyl sites for hydroxylation is 1. The molecule has 0 spiro atoms. The second kappa shape index (κ2) is 9.44. The van der Waals surface area contributed by atoms with E-state index in [1.807, 2.05) is 13.0 Å². The maximum Gasteiger partial charge on any atom is 0.337 e. The first kappa shape index (κ1) is 22.0. The Morgan fingerprint density at radius 3 is 2.23 bits per heavy atom. The summed E-state index contributed by atoms with van der Waals surface area (Å²) in [4.78, 5) is 24.4. The number of hydrogen-bond acceptors (Lipinski definition) is 5. The quantitative estimate of drug-likeness (QED) is 0.569. The summed E-state index contributed by atoms with van der Waals surface area (Å²) in [6.07, 6.45) is 0. The molecule has 0 bridgehead atoms. The van der Waals surface area contributed by atoms with E-state index < -0.39 is 28.4 Å². The Balaban J connectivity index is 1.87. The number of sulfonamides is 1. The molecule has 0 saturated carbocycles. The highest BCUT2D eigenvalue weighted by atomic mass is 32.2. The average molecular weight is 439 g/mol. The first-order chi connectivity index (χ1) is 14.8. The third kappa shape index (κ3) is 5.29. The molecule has 3 aromatic carbocycles. The lowest BCUT2D eigenvalue weighted by Crippen LogP contribution is -2.38. The Labute approximate surface area is 181 Å². The van der Waals surface area contributed by atoms with E-state index in [2.05, 4.69) is 10.1 Å². The van der Waals surface area contributed by atoms with Crippen molar-refractivity contribution < 1.29 is 22.7 Å². The van der Waals surface area contributed by atoms with Crippen molar-refractivity contribution in [2.45, 2.75) is 11.8 Å². The van der Waals surface area contributed by atoms with Gasteiger partial charge in [-0.15, -0.1) is 0 Å². The number of esters is 1. The zero-order valence-corrected chi connectivity index (χ0v) is 17.9. The predicted octanol–water partition coefficient (Wildman–Crippen LogP) is 3.62. The number of hydrogen-bond donors (Lipinski definition) is 1. The topological polar surface area (TPSA) is 92.8 Å². The Kier molecular flexibility index (Phi) is 6.71. The van der Waals surface area contributed by atoms with Crippen LogP contribution in [0.15, 0.2) is 83.8 Å². The molecule has 1 amide bonds. The smallest absolute Gasteiger partial charge is 0.337 e. The minimum absolute atomic E-state index is 0.0896. The lowest BCUT2D eigenvalue weighted by molar-refractivity contribution is -0.114. The van der Waals surface area contributed by atoms with Crippen LogP contribution in [0.25, 0.3) is 0 Å². The molecule has 160 valence electrons. The van der Waals surface area contributed by atoms with Crippen molar-refractivity contribution >= 4 is 33.3 Å². The van der Waals surface area contributed by atoms with Crippen LogP contribution in [0.3, 0.4) is 0 Å². The van der Waals surface area contributed by atoms with Crippen LogP contribution in [0.5, 0.6) is 0 Å². The highest BCUT2D eigenvalue weighted by Gasteiger charge is 2.27. The molecule has 8 heteroatoms. The van der Waals surface area contributed by atoms with Gasteiger partial charge in [-0.3, -0.25) is 9.10 Å². The van der Waals surface area contributed by atoms with Gasteiger partial charge >= 0.3 is 5.97 Å². The highest BCUT2D eigenvalue weighted by Crippen LogP contribution is 2.24. The molecular formula is C23H22N2O5S. The fourth-order valence-corrected chi connectivity index (χ4v) is 4.39. The molecule has 0 aromatic heterocycles. The molecule has 31 heavy (non-hydrogen) atoms. The number of benzene rings is 3. The van der Waals surface area contributed by atoms with Crippen LogP contribution in [0.4, 0.5) is 11.4 Å². The molecule has 1 N–H and O–H groups in total. The van der Waals surface area contributed by atoms with Crippen LogP contribution in [0.2, 0.25) is 0 Å². The third-order valence-electron chi connectivity index (χ3n) is 4.50. The van der Waals surface area contributed by atoms with Gasteiger partial charge in [0.05, 0.1) is 23.3 Å². The van der Waals surface area contributed by atoms with E-state index >= 15 is 0 Å². The van der Waals surface area contributed by atoms with E-state index in [1.54, 1.807) is 48.5 Å². The number of nitrogens with one attached hydrogen (secondary N) is 1. The standard InChI is InChI=1S/C23H22N2O5S/c1-17-7-6-8-20(15-17)25(31(28,29)21-9-4-3-5-10-21)16-22(26)24-19-13-11-18(12-14-19)23(27)30-2/h3-15H,16H2,1-2H3,(H,24,26). The van der Waals surface area contributed by atoms with Gasteiger partial charge in [-0.2, -0.15) is 0 Å². The van der Waals surface area contributed by atoms with Gasteiger partial charge in [0.25, 0.3) is 10.0 Å². The summed E-state index contributed by atoms with van der Waals surface area (Å²) in [5.74, 6) is -1.01. The molecule has 0 fully saturated rings. The summed E-state index contributed by atoms with van der Waals surface area (Å²) >= 11 is 0. The fourth-order valence-electron chi connectivity index (χ4n) is 2.96. The maximum atomic E-state index is 13.3. The summed E-state index contributed by atoms with van der Waals surface area (Å²) < 4.78 is 32.3. The lowest BCUT2D eigenvalue weighted by atomic mass is 10.2. The van der Waals surface area contributed by atoms with E-state index in [9.17, 15) is 18.0 Å². The van der Waals surface area contributed by atoms with Gasteiger partial charge in [0, 0.05) is 5.69 Å². The van der Waals surface area contributed by atoms with E-state index in [-0.39, 0.29) is 4.90 Å². The monoisotopic (exact) mass is 438 g/mol. The van der Waals surface area contributed by atoms with Crippen LogP contribution >= 0.6 is 0 Å². The van der Waals surface area contributed by atoms with Crippen molar-refractivity contribution in [1.29, 1.82) is 0 Å². The summed E-state index contributed by atoms with van der Waals surface area (Å²) in [5.41, 5.74) is 2.03.